The Morgan fingerprint density at radius 1 is 1.24 bits per heavy atom. The number of anilines is 1. The summed E-state index contributed by atoms with van der Waals surface area (Å²) in [5.74, 6) is 0.174. The lowest BCUT2D eigenvalue weighted by atomic mass is 9.93. The number of hydrogen-bond acceptors (Lipinski definition) is 4. The molecule has 1 atom stereocenters. The van der Waals surface area contributed by atoms with Crippen LogP contribution in [0.15, 0.2) is 17.0 Å². The van der Waals surface area contributed by atoms with Crippen molar-refractivity contribution in [3.05, 3.63) is 23.3 Å². The molecule has 0 aromatic heterocycles. The first-order valence-corrected chi connectivity index (χ1v) is 8.73. The molecule has 5 nitrogen and oxygen atoms in total. The predicted molar refractivity (Wildman–Crippen MR) is 83.5 cm³/mol. The number of rotatable bonds is 3. The molecular formula is C15H24N2O3S. The molecule has 1 aliphatic rings. The van der Waals surface area contributed by atoms with Crippen LogP contribution in [0.25, 0.3) is 0 Å². The average molecular weight is 312 g/mol. The highest BCUT2D eigenvalue weighted by molar-refractivity contribution is 7.89. The molecule has 1 unspecified atom stereocenters. The summed E-state index contributed by atoms with van der Waals surface area (Å²) in [6.45, 7) is 6.21. The Hall–Kier alpha value is -1.11. The maximum atomic E-state index is 12.8. The minimum atomic E-state index is -3.57. The van der Waals surface area contributed by atoms with Crippen LogP contribution in [0.4, 0.5) is 5.69 Å². The summed E-state index contributed by atoms with van der Waals surface area (Å²) in [5.41, 5.74) is 7.80. The fourth-order valence-corrected chi connectivity index (χ4v) is 4.74. The molecule has 1 saturated heterocycles. The third-order valence-corrected chi connectivity index (χ3v) is 6.49. The fourth-order valence-electron chi connectivity index (χ4n) is 2.88. The van der Waals surface area contributed by atoms with Crippen LogP contribution >= 0.6 is 0 Å². The highest BCUT2D eigenvalue weighted by Gasteiger charge is 2.33. The number of hydrogen-bond donors (Lipinski definition) is 2. The van der Waals surface area contributed by atoms with Gasteiger partial charge in [-0.2, -0.15) is 4.31 Å². The first-order valence-electron chi connectivity index (χ1n) is 7.29. The summed E-state index contributed by atoms with van der Waals surface area (Å²) < 4.78 is 27.2. The second kappa shape index (κ2) is 5.94. The van der Waals surface area contributed by atoms with Gasteiger partial charge in [0.25, 0.3) is 0 Å². The standard InChI is InChI=1S/C15H24N2O3S/c1-10-4-5-11(2)15(14(10)16)21(19,20)17-8-6-13(7-9-17)12(3)18/h4-5,12-13,18H,6-9,16H2,1-3H3. The van der Waals surface area contributed by atoms with Gasteiger partial charge in [0.1, 0.15) is 4.90 Å². The van der Waals surface area contributed by atoms with Gasteiger partial charge in [-0.05, 0) is 50.7 Å². The van der Waals surface area contributed by atoms with Crippen molar-refractivity contribution in [2.75, 3.05) is 18.8 Å². The van der Waals surface area contributed by atoms with Gasteiger partial charge in [-0.25, -0.2) is 8.42 Å². The van der Waals surface area contributed by atoms with E-state index in [1.807, 2.05) is 13.0 Å². The molecule has 1 fully saturated rings. The Morgan fingerprint density at radius 3 is 2.29 bits per heavy atom. The molecule has 0 amide bonds. The number of piperidine rings is 1. The van der Waals surface area contributed by atoms with Crippen molar-refractivity contribution in [3.8, 4) is 0 Å². The van der Waals surface area contributed by atoms with Crippen molar-refractivity contribution < 1.29 is 13.5 Å². The molecule has 1 aliphatic heterocycles. The summed E-state index contributed by atoms with van der Waals surface area (Å²) in [4.78, 5) is 0.234. The lowest BCUT2D eigenvalue weighted by molar-refractivity contribution is 0.0912. The van der Waals surface area contributed by atoms with E-state index in [9.17, 15) is 13.5 Å². The molecule has 6 heteroatoms. The Balaban J connectivity index is 2.30. The first-order chi connectivity index (χ1) is 9.75. The van der Waals surface area contributed by atoms with E-state index in [0.29, 0.717) is 37.2 Å². The molecule has 0 bridgehead atoms. The van der Waals surface area contributed by atoms with Gasteiger partial charge in [-0.3, -0.25) is 0 Å². The molecule has 2 rings (SSSR count). The Morgan fingerprint density at radius 2 is 1.76 bits per heavy atom. The smallest absolute Gasteiger partial charge is 0.245 e. The molecule has 1 aromatic carbocycles. The van der Waals surface area contributed by atoms with Crippen molar-refractivity contribution >= 4 is 15.7 Å². The van der Waals surface area contributed by atoms with Crippen molar-refractivity contribution in [1.29, 1.82) is 0 Å². The van der Waals surface area contributed by atoms with Crippen molar-refractivity contribution in [3.63, 3.8) is 0 Å². The average Bonchev–Trinajstić information content (AvgIpc) is 2.43. The molecule has 0 radical (unpaired) electrons. The molecule has 1 aromatic rings. The first kappa shape index (κ1) is 16.3. The molecule has 0 spiro atoms. The van der Waals surface area contributed by atoms with E-state index < -0.39 is 10.0 Å². The molecule has 118 valence electrons. The number of nitrogen functional groups attached to an aromatic ring is 1. The van der Waals surface area contributed by atoms with Crippen LogP contribution in [-0.4, -0.2) is 37.0 Å². The minimum Gasteiger partial charge on any atom is -0.397 e. The number of benzene rings is 1. The minimum absolute atomic E-state index is 0.174. The van der Waals surface area contributed by atoms with E-state index in [2.05, 4.69) is 0 Å². The van der Waals surface area contributed by atoms with Gasteiger partial charge in [-0.1, -0.05) is 12.1 Å². The number of nitrogens with zero attached hydrogens (tertiary/aromatic N) is 1. The maximum absolute atomic E-state index is 12.8. The highest BCUT2D eigenvalue weighted by Crippen LogP contribution is 2.31. The summed E-state index contributed by atoms with van der Waals surface area (Å²) in [6, 6.07) is 3.63. The highest BCUT2D eigenvalue weighted by atomic mass is 32.2. The molecule has 3 N–H and O–H groups in total. The number of nitrogens with two attached hydrogens (primary N) is 1. The van der Waals surface area contributed by atoms with Crippen LogP contribution in [0.1, 0.15) is 30.9 Å². The molecule has 0 saturated carbocycles. The van der Waals surface area contributed by atoms with Crippen molar-refractivity contribution in [2.24, 2.45) is 5.92 Å². The SMILES string of the molecule is Cc1ccc(C)c(S(=O)(=O)N2CCC(C(C)O)CC2)c1N. The molecule has 0 aliphatic carbocycles. The van der Waals surface area contributed by atoms with E-state index >= 15 is 0 Å². The van der Waals surface area contributed by atoms with Gasteiger partial charge in [0.15, 0.2) is 0 Å². The van der Waals surface area contributed by atoms with E-state index in [-0.39, 0.29) is 16.9 Å². The summed E-state index contributed by atoms with van der Waals surface area (Å²) in [6.07, 6.45) is 0.976. The molecular weight excluding hydrogens is 288 g/mol. The number of aliphatic hydroxyl groups is 1. The largest absolute Gasteiger partial charge is 0.397 e. The quantitative estimate of drug-likeness (QED) is 0.832. The van der Waals surface area contributed by atoms with Crippen LogP contribution in [-0.2, 0) is 10.0 Å². The second-order valence-electron chi connectivity index (χ2n) is 5.92. The number of aliphatic hydroxyl groups excluding tert-OH is 1. The van der Waals surface area contributed by atoms with Crippen LogP contribution in [0, 0.1) is 19.8 Å². The van der Waals surface area contributed by atoms with E-state index in [1.165, 1.54) is 4.31 Å². The third kappa shape index (κ3) is 3.07. The second-order valence-corrected chi connectivity index (χ2v) is 7.80. The molecule has 1 heterocycles. The number of sulfonamides is 1. The lowest BCUT2D eigenvalue weighted by Gasteiger charge is -2.33. The van der Waals surface area contributed by atoms with Gasteiger partial charge >= 0.3 is 0 Å². The Bertz CT molecular complexity index is 618. The zero-order valence-electron chi connectivity index (χ0n) is 12.8. The summed E-state index contributed by atoms with van der Waals surface area (Å²) >= 11 is 0. The maximum Gasteiger partial charge on any atom is 0.245 e. The van der Waals surface area contributed by atoms with Crippen LogP contribution in [0.5, 0.6) is 0 Å². The normalized spacial score (nSPS) is 19.6. The third-order valence-electron chi connectivity index (χ3n) is 4.39. The van der Waals surface area contributed by atoms with Crippen LogP contribution in [0.2, 0.25) is 0 Å². The van der Waals surface area contributed by atoms with Gasteiger partial charge in [-0.15, -0.1) is 0 Å². The fraction of sp³-hybridized carbons (Fsp3) is 0.600. The predicted octanol–water partition coefficient (Wildman–Crippen LogP) is 1.67. The van der Waals surface area contributed by atoms with E-state index in [0.717, 1.165) is 5.56 Å². The van der Waals surface area contributed by atoms with Gasteiger partial charge in [0.05, 0.1) is 11.8 Å². The summed E-state index contributed by atoms with van der Waals surface area (Å²) in [5, 5.41) is 9.62. The van der Waals surface area contributed by atoms with E-state index in [1.54, 1.807) is 19.9 Å². The van der Waals surface area contributed by atoms with Crippen LogP contribution in [0.3, 0.4) is 0 Å². The zero-order valence-corrected chi connectivity index (χ0v) is 13.7. The zero-order chi connectivity index (χ0) is 15.8. The lowest BCUT2D eigenvalue weighted by Crippen LogP contribution is -2.41. The summed E-state index contributed by atoms with van der Waals surface area (Å²) in [7, 11) is -3.57. The Labute approximate surface area is 126 Å². The number of aryl methyl sites for hydroxylation is 2. The topological polar surface area (TPSA) is 83.6 Å². The van der Waals surface area contributed by atoms with E-state index in [4.69, 9.17) is 5.73 Å². The Kier molecular flexibility index (Phi) is 4.60. The monoisotopic (exact) mass is 312 g/mol. The molecule has 21 heavy (non-hydrogen) atoms. The van der Waals surface area contributed by atoms with Gasteiger partial charge < -0.3 is 10.8 Å². The van der Waals surface area contributed by atoms with Gasteiger partial charge in [0.2, 0.25) is 10.0 Å². The van der Waals surface area contributed by atoms with Crippen LogP contribution < -0.4 is 5.73 Å². The van der Waals surface area contributed by atoms with Crippen molar-refractivity contribution in [2.45, 2.75) is 44.6 Å². The van der Waals surface area contributed by atoms with Gasteiger partial charge in [0, 0.05) is 13.1 Å². The van der Waals surface area contributed by atoms with Crippen molar-refractivity contribution in [1.82, 2.24) is 4.31 Å².